The number of aromatic nitrogens is 2. The predicted molar refractivity (Wildman–Crippen MR) is 53.3 cm³/mol. The topological polar surface area (TPSA) is 29.9 Å². The lowest BCUT2D eigenvalue weighted by Gasteiger charge is -2.07. The molecule has 0 aliphatic carbocycles. The van der Waals surface area contributed by atoms with Crippen LogP contribution in [0.1, 0.15) is 12.6 Å². The molecule has 3 nitrogen and oxygen atoms in total. The molecule has 0 fully saturated rings. The molecule has 1 unspecified atom stereocenters. The minimum Gasteiger partial charge on any atom is -0.308 e. The van der Waals surface area contributed by atoms with Crippen molar-refractivity contribution in [2.45, 2.75) is 19.5 Å². The van der Waals surface area contributed by atoms with Gasteiger partial charge < -0.3 is 5.32 Å². The van der Waals surface area contributed by atoms with E-state index in [1.807, 2.05) is 24.0 Å². The van der Waals surface area contributed by atoms with Gasteiger partial charge in [0.1, 0.15) is 0 Å². The summed E-state index contributed by atoms with van der Waals surface area (Å²) >= 11 is 3.41. The molecule has 0 amide bonds. The molecule has 1 heterocycles. The molecule has 0 saturated carbocycles. The first kappa shape index (κ1) is 9.74. The van der Waals surface area contributed by atoms with Gasteiger partial charge in [0.2, 0.25) is 0 Å². The van der Waals surface area contributed by atoms with Gasteiger partial charge in [0.15, 0.2) is 0 Å². The summed E-state index contributed by atoms with van der Waals surface area (Å²) < 4.78 is 1.82. The normalized spacial score (nSPS) is 13.2. The second-order valence-corrected chi connectivity index (χ2v) is 3.56. The highest BCUT2D eigenvalue weighted by Gasteiger charge is 2.00. The number of aryl methyl sites for hydroxylation is 1. The van der Waals surface area contributed by atoms with E-state index < -0.39 is 0 Å². The molecule has 0 bridgehead atoms. The fourth-order valence-corrected chi connectivity index (χ4v) is 1.12. The second kappa shape index (κ2) is 4.62. The van der Waals surface area contributed by atoms with Gasteiger partial charge in [0.05, 0.1) is 5.69 Å². The molecule has 0 aliphatic rings. The molecule has 0 aliphatic heterocycles. The largest absolute Gasteiger partial charge is 0.308 e. The Balaban J connectivity index is 2.33. The number of nitrogens with one attached hydrogen (secondary N) is 1. The Morgan fingerprint density at radius 1 is 1.75 bits per heavy atom. The van der Waals surface area contributed by atoms with E-state index in [0.717, 1.165) is 17.6 Å². The standard InChI is InChI=1S/C8H14BrN3/c1-7(5-9)10-6-8-3-4-12(2)11-8/h3-4,7,10H,5-6H2,1-2H3. The van der Waals surface area contributed by atoms with Crippen molar-refractivity contribution >= 4 is 15.9 Å². The van der Waals surface area contributed by atoms with Crippen LogP contribution in [0.15, 0.2) is 12.3 Å². The highest BCUT2D eigenvalue weighted by Crippen LogP contribution is 1.95. The van der Waals surface area contributed by atoms with Gasteiger partial charge in [0.25, 0.3) is 0 Å². The van der Waals surface area contributed by atoms with E-state index in [9.17, 15) is 0 Å². The lowest BCUT2D eigenvalue weighted by molar-refractivity contribution is 0.583. The molecule has 1 N–H and O–H groups in total. The molecule has 0 aromatic carbocycles. The van der Waals surface area contributed by atoms with E-state index >= 15 is 0 Å². The molecule has 1 atom stereocenters. The van der Waals surface area contributed by atoms with Gasteiger partial charge in [-0.2, -0.15) is 5.10 Å². The van der Waals surface area contributed by atoms with Crippen LogP contribution in [0, 0.1) is 0 Å². The summed E-state index contributed by atoms with van der Waals surface area (Å²) in [5, 5.41) is 8.57. The number of rotatable bonds is 4. The van der Waals surface area contributed by atoms with Crippen LogP contribution in [0.2, 0.25) is 0 Å². The molecular weight excluding hydrogens is 218 g/mol. The fourth-order valence-electron chi connectivity index (χ4n) is 0.891. The fraction of sp³-hybridized carbons (Fsp3) is 0.625. The first-order valence-electron chi connectivity index (χ1n) is 4.00. The van der Waals surface area contributed by atoms with E-state index in [1.54, 1.807) is 0 Å². The average molecular weight is 232 g/mol. The minimum atomic E-state index is 0.493. The van der Waals surface area contributed by atoms with Gasteiger partial charge in [-0.25, -0.2) is 0 Å². The van der Waals surface area contributed by atoms with Gasteiger partial charge in [-0.05, 0) is 13.0 Å². The zero-order valence-corrected chi connectivity index (χ0v) is 9.00. The Hall–Kier alpha value is -0.350. The van der Waals surface area contributed by atoms with E-state index in [2.05, 4.69) is 33.3 Å². The van der Waals surface area contributed by atoms with Crippen molar-refractivity contribution in [3.05, 3.63) is 18.0 Å². The third kappa shape index (κ3) is 2.95. The summed E-state index contributed by atoms with van der Waals surface area (Å²) in [6.45, 7) is 2.98. The maximum atomic E-state index is 4.26. The number of hydrogen-bond donors (Lipinski definition) is 1. The van der Waals surface area contributed by atoms with E-state index in [1.165, 1.54) is 0 Å². The molecule has 1 rings (SSSR count). The first-order chi connectivity index (χ1) is 5.72. The molecule has 68 valence electrons. The van der Waals surface area contributed by atoms with Crippen molar-refractivity contribution in [2.75, 3.05) is 5.33 Å². The third-order valence-electron chi connectivity index (χ3n) is 1.63. The molecule has 1 aromatic heterocycles. The molecule has 12 heavy (non-hydrogen) atoms. The summed E-state index contributed by atoms with van der Waals surface area (Å²) in [5.41, 5.74) is 1.09. The number of halogens is 1. The summed E-state index contributed by atoms with van der Waals surface area (Å²) in [6.07, 6.45) is 1.95. The number of alkyl halides is 1. The second-order valence-electron chi connectivity index (χ2n) is 2.92. The summed E-state index contributed by atoms with van der Waals surface area (Å²) in [4.78, 5) is 0. The van der Waals surface area contributed by atoms with E-state index in [4.69, 9.17) is 0 Å². The average Bonchev–Trinajstić information content (AvgIpc) is 2.47. The van der Waals surface area contributed by atoms with Gasteiger partial charge in [-0.1, -0.05) is 15.9 Å². The highest BCUT2D eigenvalue weighted by molar-refractivity contribution is 9.09. The van der Waals surface area contributed by atoms with Crippen molar-refractivity contribution in [2.24, 2.45) is 7.05 Å². The van der Waals surface area contributed by atoms with Gasteiger partial charge >= 0.3 is 0 Å². The number of hydrogen-bond acceptors (Lipinski definition) is 2. The lowest BCUT2D eigenvalue weighted by Crippen LogP contribution is -2.26. The zero-order valence-electron chi connectivity index (χ0n) is 7.42. The maximum absolute atomic E-state index is 4.26. The monoisotopic (exact) mass is 231 g/mol. The van der Waals surface area contributed by atoms with Crippen molar-refractivity contribution < 1.29 is 0 Å². The van der Waals surface area contributed by atoms with Crippen LogP contribution >= 0.6 is 15.9 Å². The lowest BCUT2D eigenvalue weighted by atomic mass is 10.3. The molecule has 1 aromatic rings. The summed E-state index contributed by atoms with van der Waals surface area (Å²) in [7, 11) is 1.93. The molecule has 4 heteroatoms. The van der Waals surface area contributed by atoms with Crippen molar-refractivity contribution in [1.82, 2.24) is 15.1 Å². The van der Waals surface area contributed by atoms with Gasteiger partial charge in [-0.15, -0.1) is 0 Å². The van der Waals surface area contributed by atoms with Crippen molar-refractivity contribution in [3.8, 4) is 0 Å². The van der Waals surface area contributed by atoms with Gasteiger partial charge in [-0.3, -0.25) is 4.68 Å². The minimum absolute atomic E-state index is 0.493. The van der Waals surface area contributed by atoms with Crippen LogP contribution in [0.25, 0.3) is 0 Å². The van der Waals surface area contributed by atoms with Crippen LogP contribution in [0.3, 0.4) is 0 Å². The molecule has 0 saturated heterocycles. The quantitative estimate of drug-likeness (QED) is 0.793. The number of nitrogens with zero attached hydrogens (tertiary/aromatic N) is 2. The Kier molecular flexibility index (Phi) is 3.75. The predicted octanol–water partition coefficient (Wildman–Crippen LogP) is 1.29. The van der Waals surface area contributed by atoms with Crippen LogP contribution < -0.4 is 5.32 Å². The summed E-state index contributed by atoms with van der Waals surface area (Å²) in [6, 6.07) is 2.51. The zero-order chi connectivity index (χ0) is 8.97. The Labute approximate surface area is 81.3 Å². The van der Waals surface area contributed by atoms with E-state index in [-0.39, 0.29) is 0 Å². The maximum Gasteiger partial charge on any atom is 0.0762 e. The van der Waals surface area contributed by atoms with Crippen LogP contribution in [-0.2, 0) is 13.6 Å². The van der Waals surface area contributed by atoms with Crippen LogP contribution in [0.5, 0.6) is 0 Å². The van der Waals surface area contributed by atoms with E-state index in [0.29, 0.717) is 6.04 Å². The molecule has 0 radical (unpaired) electrons. The van der Waals surface area contributed by atoms with Crippen LogP contribution in [-0.4, -0.2) is 21.2 Å². The first-order valence-corrected chi connectivity index (χ1v) is 5.12. The smallest absolute Gasteiger partial charge is 0.0762 e. The third-order valence-corrected chi connectivity index (χ3v) is 2.60. The Bertz CT molecular complexity index is 234. The van der Waals surface area contributed by atoms with Crippen molar-refractivity contribution in [3.63, 3.8) is 0 Å². The summed E-state index contributed by atoms with van der Waals surface area (Å²) in [5.74, 6) is 0. The molecule has 0 spiro atoms. The van der Waals surface area contributed by atoms with Gasteiger partial charge in [0, 0.05) is 31.2 Å². The van der Waals surface area contributed by atoms with Crippen LogP contribution in [0.4, 0.5) is 0 Å². The Morgan fingerprint density at radius 3 is 3.00 bits per heavy atom. The molecular formula is C8H14BrN3. The SMILES string of the molecule is CC(CBr)NCc1ccn(C)n1. The Morgan fingerprint density at radius 2 is 2.50 bits per heavy atom. The highest BCUT2D eigenvalue weighted by atomic mass is 79.9. The van der Waals surface area contributed by atoms with Crippen molar-refractivity contribution in [1.29, 1.82) is 0 Å².